The molecule has 1 atom stereocenters. The molecule has 164 valence electrons. The summed E-state index contributed by atoms with van der Waals surface area (Å²) in [6.07, 6.45) is 1.16. The van der Waals surface area contributed by atoms with Crippen LogP contribution >= 0.6 is 24.0 Å². The molecule has 1 aromatic rings. The normalized spacial score (nSPS) is 19.1. The molecule has 3 rings (SSSR count). The number of aliphatic imine (C=N–C) groups is 1. The van der Waals surface area contributed by atoms with Crippen LogP contribution in [0.5, 0.6) is 11.5 Å². The summed E-state index contributed by atoms with van der Waals surface area (Å²) in [5.74, 6) is 2.70. The minimum atomic E-state index is 0. The second-order valence-electron chi connectivity index (χ2n) is 7.21. The van der Waals surface area contributed by atoms with Crippen LogP contribution in [-0.2, 0) is 17.7 Å². The molecule has 8 heteroatoms. The molecule has 0 aromatic heterocycles. The van der Waals surface area contributed by atoms with Gasteiger partial charge < -0.3 is 24.8 Å². The third-order valence-corrected chi connectivity index (χ3v) is 4.95. The largest absolute Gasteiger partial charge is 0.494 e. The molecular formula is C21H35IN4O3. The highest BCUT2D eigenvalue weighted by Crippen LogP contribution is 2.35. The van der Waals surface area contributed by atoms with E-state index in [0.29, 0.717) is 13.2 Å². The molecule has 2 aliphatic heterocycles. The molecule has 2 N–H and O–H groups in total. The van der Waals surface area contributed by atoms with Crippen LogP contribution in [0.3, 0.4) is 0 Å². The molecular weight excluding hydrogens is 483 g/mol. The number of guanidine groups is 1. The lowest BCUT2D eigenvalue weighted by atomic mass is 10.1. The molecule has 1 unspecified atom stereocenters. The second-order valence-corrected chi connectivity index (χ2v) is 7.21. The minimum absolute atomic E-state index is 0. The van der Waals surface area contributed by atoms with Crippen molar-refractivity contribution in [2.24, 2.45) is 4.99 Å². The maximum Gasteiger partial charge on any atom is 0.191 e. The predicted octanol–water partition coefficient (Wildman–Crippen LogP) is 2.41. The summed E-state index contributed by atoms with van der Waals surface area (Å²) < 4.78 is 17.2. The Bertz CT molecular complexity index is 666. The van der Waals surface area contributed by atoms with Crippen molar-refractivity contribution >= 4 is 29.9 Å². The standard InChI is InChI=1S/C21H34N4O3.HI/c1-4-22-21(23-6-7-25-8-10-26-11-9-25)24-15-18-14-20-17(12-16(3)28-20)13-19(18)27-5-2;/h13-14,16H,4-12,15H2,1-3H3,(H2,22,23,24);1H. The van der Waals surface area contributed by atoms with Gasteiger partial charge in [0.25, 0.3) is 0 Å². The Morgan fingerprint density at radius 1 is 1.24 bits per heavy atom. The van der Waals surface area contributed by atoms with Crippen molar-refractivity contribution in [3.05, 3.63) is 23.3 Å². The van der Waals surface area contributed by atoms with Crippen LogP contribution in [-0.4, -0.2) is 69.5 Å². The van der Waals surface area contributed by atoms with Gasteiger partial charge in [0, 0.05) is 50.3 Å². The van der Waals surface area contributed by atoms with Crippen LogP contribution in [0.25, 0.3) is 0 Å². The molecule has 0 bridgehead atoms. The highest BCUT2D eigenvalue weighted by Gasteiger charge is 2.21. The summed E-state index contributed by atoms with van der Waals surface area (Å²) in [5.41, 5.74) is 2.28. The Labute approximate surface area is 191 Å². The Morgan fingerprint density at radius 3 is 2.76 bits per heavy atom. The number of morpholine rings is 1. The maximum atomic E-state index is 5.92. The van der Waals surface area contributed by atoms with Crippen LogP contribution < -0.4 is 20.1 Å². The van der Waals surface area contributed by atoms with E-state index in [0.717, 1.165) is 75.4 Å². The fraction of sp³-hybridized carbons (Fsp3) is 0.667. The summed E-state index contributed by atoms with van der Waals surface area (Å²) in [6.45, 7) is 13.7. The SMILES string of the molecule is CCNC(=NCc1cc2c(cc1OCC)CC(C)O2)NCCN1CCOCC1.I. The van der Waals surface area contributed by atoms with Crippen molar-refractivity contribution in [1.82, 2.24) is 15.5 Å². The molecule has 29 heavy (non-hydrogen) atoms. The number of ether oxygens (including phenoxy) is 3. The topological polar surface area (TPSA) is 67.4 Å². The lowest BCUT2D eigenvalue weighted by Gasteiger charge is -2.26. The first-order valence-corrected chi connectivity index (χ1v) is 10.5. The van der Waals surface area contributed by atoms with Crippen molar-refractivity contribution in [1.29, 1.82) is 0 Å². The molecule has 0 aliphatic carbocycles. The quantitative estimate of drug-likeness (QED) is 0.313. The lowest BCUT2D eigenvalue weighted by Crippen LogP contribution is -2.44. The van der Waals surface area contributed by atoms with Gasteiger partial charge in [-0.15, -0.1) is 24.0 Å². The number of hydrogen-bond acceptors (Lipinski definition) is 5. The second kappa shape index (κ2) is 12.4. The Balaban J connectivity index is 0.00000300. The van der Waals surface area contributed by atoms with Gasteiger partial charge in [0.2, 0.25) is 0 Å². The van der Waals surface area contributed by atoms with E-state index in [1.807, 2.05) is 6.92 Å². The smallest absolute Gasteiger partial charge is 0.191 e. The van der Waals surface area contributed by atoms with E-state index in [-0.39, 0.29) is 30.1 Å². The zero-order chi connectivity index (χ0) is 19.8. The van der Waals surface area contributed by atoms with Crippen LogP contribution in [0.1, 0.15) is 31.9 Å². The van der Waals surface area contributed by atoms with E-state index >= 15 is 0 Å². The van der Waals surface area contributed by atoms with E-state index in [1.165, 1.54) is 5.56 Å². The van der Waals surface area contributed by atoms with Crippen LogP contribution in [0.4, 0.5) is 0 Å². The first-order chi connectivity index (χ1) is 13.7. The van der Waals surface area contributed by atoms with Crippen molar-refractivity contribution < 1.29 is 14.2 Å². The van der Waals surface area contributed by atoms with Crippen LogP contribution in [0.15, 0.2) is 17.1 Å². The number of halogens is 1. The Kier molecular flexibility index (Phi) is 10.3. The van der Waals surface area contributed by atoms with Crippen molar-refractivity contribution in [2.75, 3.05) is 52.5 Å². The molecule has 7 nitrogen and oxygen atoms in total. The lowest BCUT2D eigenvalue weighted by molar-refractivity contribution is 0.0389. The highest BCUT2D eigenvalue weighted by molar-refractivity contribution is 14.0. The van der Waals surface area contributed by atoms with Crippen molar-refractivity contribution in [3.8, 4) is 11.5 Å². The van der Waals surface area contributed by atoms with Gasteiger partial charge in [-0.2, -0.15) is 0 Å². The third-order valence-electron chi connectivity index (χ3n) is 4.95. The summed E-state index contributed by atoms with van der Waals surface area (Å²) in [6, 6.07) is 4.20. The van der Waals surface area contributed by atoms with Gasteiger partial charge in [-0.3, -0.25) is 4.90 Å². The zero-order valence-electron chi connectivity index (χ0n) is 17.8. The molecule has 1 aromatic carbocycles. The van der Waals surface area contributed by atoms with Crippen molar-refractivity contribution in [3.63, 3.8) is 0 Å². The summed E-state index contributed by atoms with van der Waals surface area (Å²) in [7, 11) is 0. The molecule has 0 radical (unpaired) electrons. The Morgan fingerprint density at radius 2 is 2.03 bits per heavy atom. The first-order valence-electron chi connectivity index (χ1n) is 10.5. The van der Waals surface area contributed by atoms with Gasteiger partial charge in [-0.25, -0.2) is 4.99 Å². The van der Waals surface area contributed by atoms with E-state index in [2.05, 4.69) is 41.5 Å². The summed E-state index contributed by atoms with van der Waals surface area (Å²) >= 11 is 0. The fourth-order valence-electron chi connectivity index (χ4n) is 3.56. The molecule has 0 saturated carbocycles. The number of nitrogens with zero attached hydrogens (tertiary/aromatic N) is 2. The first kappa shape index (κ1) is 24.0. The van der Waals surface area contributed by atoms with Gasteiger partial charge in [0.05, 0.1) is 26.4 Å². The molecule has 1 saturated heterocycles. The van der Waals surface area contributed by atoms with Gasteiger partial charge >= 0.3 is 0 Å². The average Bonchev–Trinajstić information content (AvgIpc) is 3.06. The maximum absolute atomic E-state index is 5.92. The number of fused-ring (bicyclic) bond motifs is 1. The number of nitrogens with one attached hydrogen (secondary N) is 2. The van der Waals surface area contributed by atoms with E-state index in [1.54, 1.807) is 0 Å². The summed E-state index contributed by atoms with van der Waals surface area (Å²) in [5, 5.41) is 6.76. The number of hydrogen-bond donors (Lipinski definition) is 2. The number of rotatable bonds is 8. The third kappa shape index (κ3) is 7.18. The van der Waals surface area contributed by atoms with Crippen LogP contribution in [0, 0.1) is 0 Å². The fourth-order valence-corrected chi connectivity index (χ4v) is 3.56. The van der Waals surface area contributed by atoms with Crippen molar-refractivity contribution in [2.45, 2.75) is 39.8 Å². The predicted molar refractivity (Wildman–Crippen MR) is 127 cm³/mol. The summed E-state index contributed by atoms with van der Waals surface area (Å²) in [4.78, 5) is 7.18. The van der Waals surface area contributed by atoms with E-state index in [9.17, 15) is 0 Å². The average molecular weight is 518 g/mol. The van der Waals surface area contributed by atoms with Crippen LogP contribution in [0.2, 0.25) is 0 Å². The van der Waals surface area contributed by atoms with Gasteiger partial charge in [0.1, 0.15) is 17.6 Å². The molecule has 0 amide bonds. The number of benzene rings is 1. The molecule has 2 aliphatic rings. The zero-order valence-corrected chi connectivity index (χ0v) is 20.2. The minimum Gasteiger partial charge on any atom is -0.494 e. The van der Waals surface area contributed by atoms with E-state index in [4.69, 9.17) is 19.2 Å². The van der Waals surface area contributed by atoms with Gasteiger partial charge in [-0.05, 0) is 32.9 Å². The molecule has 2 heterocycles. The van der Waals surface area contributed by atoms with Gasteiger partial charge in [0.15, 0.2) is 5.96 Å². The highest BCUT2D eigenvalue weighted by atomic mass is 127. The van der Waals surface area contributed by atoms with E-state index < -0.39 is 0 Å². The monoisotopic (exact) mass is 518 g/mol. The van der Waals surface area contributed by atoms with Gasteiger partial charge in [-0.1, -0.05) is 0 Å². The molecule has 1 fully saturated rings. The Hall–Kier alpha value is -1.26. The molecule has 0 spiro atoms.